The van der Waals surface area contributed by atoms with Gasteiger partial charge in [-0.05, 0) is 76.9 Å². The van der Waals surface area contributed by atoms with Crippen LogP contribution in [0, 0.1) is 0 Å². The first kappa shape index (κ1) is 28.5. The highest BCUT2D eigenvalue weighted by Crippen LogP contribution is 2.24. The molecule has 3 N–H and O–H groups in total. The predicted octanol–water partition coefficient (Wildman–Crippen LogP) is 3.87. The van der Waals surface area contributed by atoms with Gasteiger partial charge >= 0.3 is 6.09 Å². The number of hydrogen-bond acceptors (Lipinski definition) is 9. The third-order valence-corrected chi connectivity index (χ3v) is 6.61. The summed E-state index contributed by atoms with van der Waals surface area (Å²) >= 11 is 7.80. The van der Waals surface area contributed by atoms with Crippen LogP contribution < -0.4 is 16.2 Å². The van der Waals surface area contributed by atoms with Gasteiger partial charge in [0.05, 0.1) is 30.1 Å². The van der Waals surface area contributed by atoms with Crippen molar-refractivity contribution in [2.45, 2.75) is 12.5 Å². The minimum Gasteiger partial charge on any atom is -0.453 e. The Morgan fingerprint density at radius 3 is 2.70 bits per heavy atom. The molecule has 14 heteroatoms. The van der Waals surface area contributed by atoms with E-state index in [1.807, 2.05) is 6.26 Å². The first-order valence-corrected chi connectivity index (χ1v) is 13.7. The number of nitrogens with one attached hydrogen (secondary N) is 3. The second kappa shape index (κ2) is 13.5. The number of nitrogens with zero attached hydrogens (tertiary/aromatic N) is 5. The molecule has 0 saturated heterocycles. The lowest BCUT2D eigenvalue weighted by Gasteiger charge is -2.17. The summed E-state index contributed by atoms with van der Waals surface area (Å²) in [6.45, 7) is 0. The van der Waals surface area contributed by atoms with Crippen LogP contribution in [-0.2, 0) is 9.53 Å². The average Bonchev–Trinajstić information content (AvgIpc) is 3.50. The van der Waals surface area contributed by atoms with E-state index in [0.29, 0.717) is 45.2 Å². The van der Waals surface area contributed by atoms with Gasteiger partial charge in [-0.15, -0.1) is 5.10 Å². The van der Waals surface area contributed by atoms with Crippen molar-refractivity contribution in [3.63, 3.8) is 0 Å². The van der Waals surface area contributed by atoms with Crippen LogP contribution in [0.15, 0.2) is 65.7 Å². The van der Waals surface area contributed by atoms with E-state index in [2.05, 4.69) is 41.1 Å². The summed E-state index contributed by atoms with van der Waals surface area (Å²) in [6, 6.07) is 13.1. The summed E-state index contributed by atoms with van der Waals surface area (Å²) in [5.41, 5.74) is 2.91. The Labute approximate surface area is 238 Å². The molecule has 2 aromatic carbocycles. The number of anilines is 1. The number of thioether (sulfide) groups is 1. The van der Waals surface area contributed by atoms with Gasteiger partial charge < -0.3 is 10.1 Å². The zero-order chi connectivity index (χ0) is 28.5. The molecule has 40 heavy (non-hydrogen) atoms. The molecule has 2 heterocycles. The number of amides is 2. The van der Waals surface area contributed by atoms with Crippen LogP contribution in [-0.4, -0.2) is 61.5 Å². The summed E-state index contributed by atoms with van der Waals surface area (Å²) in [4.78, 5) is 37.1. The lowest BCUT2D eigenvalue weighted by atomic mass is 10.0. The van der Waals surface area contributed by atoms with Gasteiger partial charge in [0.25, 0.3) is 5.56 Å². The van der Waals surface area contributed by atoms with Gasteiger partial charge in [-0.25, -0.2) is 9.89 Å². The van der Waals surface area contributed by atoms with Crippen molar-refractivity contribution < 1.29 is 14.3 Å². The molecule has 0 fully saturated rings. The standard InChI is InChI=1S/C26H25ClN8O4S/c1-39-26(38)29-19-7-3-16(4-8-19)20-14-22(31-32-25(20)37)21(11-12-40-2)30-24(36)10-5-17-13-18(27)6-9-23(17)35-15-28-33-34-35/h3-10,13-15,21H,11-12H2,1-2H3,(H,29,38)(H,30,36)(H,32,37). The third kappa shape index (κ3) is 7.33. The van der Waals surface area contributed by atoms with Gasteiger partial charge in [0, 0.05) is 22.3 Å². The second-order valence-corrected chi connectivity index (χ2v) is 9.79. The van der Waals surface area contributed by atoms with E-state index in [4.69, 9.17) is 11.6 Å². The van der Waals surface area contributed by atoms with Gasteiger partial charge in [0.2, 0.25) is 5.91 Å². The van der Waals surface area contributed by atoms with E-state index in [9.17, 15) is 14.4 Å². The minimum absolute atomic E-state index is 0.360. The maximum atomic E-state index is 13.0. The van der Waals surface area contributed by atoms with Crippen LogP contribution in [0.1, 0.15) is 23.7 Å². The summed E-state index contributed by atoms with van der Waals surface area (Å²) in [5, 5.41) is 24.0. The second-order valence-electron chi connectivity index (χ2n) is 8.36. The lowest BCUT2D eigenvalue weighted by molar-refractivity contribution is -0.117. The fourth-order valence-corrected chi connectivity index (χ4v) is 4.42. The van der Waals surface area contributed by atoms with Crippen molar-refractivity contribution in [2.75, 3.05) is 24.4 Å². The van der Waals surface area contributed by atoms with Gasteiger partial charge in [-0.2, -0.15) is 21.5 Å². The Morgan fingerprint density at radius 1 is 1.20 bits per heavy atom. The molecule has 0 aliphatic rings. The first-order valence-electron chi connectivity index (χ1n) is 11.9. The number of H-pyrrole nitrogens is 1. The summed E-state index contributed by atoms with van der Waals surface area (Å²) < 4.78 is 6.07. The molecule has 2 amide bonds. The van der Waals surface area contributed by atoms with Crippen LogP contribution in [0.3, 0.4) is 0 Å². The van der Waals surface area contributed by atoms with Crippen LogP contribution in [0.5, 0.6) is 0 Å². The summed E-state index contributed by atoms with van der Waals surface area (Å²) in [7, 11) is 1.27. The fraction of sp³-hybridized carbons (Fsp3) is 0.192. The van der Waals surface area contributed by atoms with Gasteiger partial charge in [0.1, 0.15) is 6.33 Å². The van der Waals surface area contributed by atoms with Crippen molar-refractivity contribution in [2.24, 2.45) is 0 Å². The first-order chi connectivity index (χ1) is 19.4. The number of methoxy groups -OCH3 is 1. The van der Waals surface area contributed by atoms with E-state index < -0.39 is 12.1 Å². The Bertz CT molecular complexity index is 1560. The van der Waals surface area contributed by atoms with E-state index >= 15 is 0 Å². The van der Waals surface area contributed by atoms with Crippen molar-refractivity contribution in [1.82, 2.24) is 35.7 Å². The van der Waals surface area contributed by atoms with Crippen molar-refractivity contribution in [1.29, 1.82) is 0 Å². The van der Waals surface area contributed by atoms with E-state index in [-0.39, 0.29) is 11.5 Å². The summed E-state index contributed by atoms with van der Waals surface area (Å²) in [6.07, 6.45) is 6.41. The topological polar surface area (TPSA) is 157 Å². The number of carbonyl (C=O) groups is 2. The number of hydrogen-bond donors (Lipinski definition) is 3. The normalized spacial score (nSPS) is 11.8. The molecule has 206 valence electrons. The van der Waals surface area contributed by atoms with Gasteiger partial charge in [0.15, 0.2) is 0 Å². The molecule has 4 aromatic rings. The molecule has 0 spiro atoms. The molecule has 12 nitrogen and oxygen atoms in total. The average molecular weight is 581 g/mol. The highest BCUT2D eigenvalue weighted by atomic mass is 35.5. The minimum atomic E-state index is -0.597. The van der Waals surface area contributed by atoms with Crippen LogP contribution >= 0.6 is 23.4 Å². The molecule has 0 radical (unpaired) electrons. The van der Waals surface area contributed by atoms with E-state index in [1.165, 1.54) is 24.2 Å². The molecule has 0 bridgehead atoms. The number of tetrazole rings is 1. The molecule has 4 rings (SSSR count). The maximum Gasteiger partial charge on any atom is 0.411 e. The van der Waals surface area contributed by atoms with Crippen molar-refractivity contribution >= 4 is 47.1 Å². The number of halogens is 1. The largest absolute Gasteiger partial charge is 0.453 e. The molecule has 2 aromatic heterocycles. The molecule has 0 aliphatic carbocycles. The number of benzene rings is 2. The van der Waals surface area contributed by atoms with Crippen molar-refractivity contribution in [3.05, 3.63) is 87.6 Å². The van der Waals surface area contributed by atoms with Gasteiger partial charge in [-0.1, -0.05) is 23.7 Å². The Balaban J connectivity index is 1.56. The quantitative estimate of drug-likeness (QED) is 0.237. The Morgan fingerprint density at radius 2 is 2.00 bits per heavy atom. The number of aromatic amines is 1. The van der Waals surface area contributed by atoms with Crippen molar-refractivity contribution in [3.8, 4) is 16.8 Å². The molecular weight excluding hydrogens is 556 g/mol. The lowest BCUT2D eigenvalue weighted by Crippen LogP contribution is -2.29. The van der Waals surface area contributed by atoms with Crippen LogP contribution in [0.25, 0.3) is 22.9 Å². The number of rotatable bonds is 10. The van der Waals surface area contributed by atoms with Crippen LogP contribution in [0.2, 0.25) is 5.02 Å². The Kier molecular flexibility index (Phi) is 9.65. The smallest absolute Gasteiger partial charge is 0.411 e. The zero-order valence-corrected chi connectivity index (χ0v) is 23.1. The fourth-order valence-electron chi connectivity index (χ4n) is 3.77. The molecular formula is C26H25ClN8O4S. The molecule has 1 unspecified atom stereocenters. The van der Waals surface area contributed by atoms with E-state index in [0.717, 1.165) is 5.75 Å². The SMILES string of the molecule is COC(=O)Nc1ccc(-c2cc(C(CCSC)NC(=O)C=Cc3cc(Cl)ccc3-n3cnnn3)n[nH]c2=O)cc1. The monoisotopic (exact) mass is 580 g/mol. The maximum absolute atomic E-state index is 13.0. The molecule has 1 atom stereocenters. The highest BCUT2D eigenvalue weighted by Gasteiger charge is 2.18. The predicted molar refractivity (Wildman–Crippen MR) is 153 cm³/mol. The highest BCUT2D eigenvalue weighted by molar-refractivity contribution is 7.98. The number of ether oxygens (including phenoxy) is 1. The van der Waals surface area contributed by atoms with Crippen LogP contribution in [0.4, 0.5) is 10.5 Å². The number of carbonyl (C=O) groups excluding carboxylic acids is 2. The summed E-state index contributed by atoms with van der Waals surface area (Å²) in [5.74, 6) is 0.387. The van der Waals surface area contributed by atoms with E-state index in [1.54, 1.807) is 66.4 Å². The molecule has 0 aliphatic heterocycles. The Hall–Kier alpha value is -4.49. The van der Waals surface area contributed by atoms with Gasteiger partial charge in [-0.3, -0.25) is 14.9 Å². The zero-order valence-electron chi connectivity index (χ0n) is 21.5. The third-order valence-electron chi connectivity index (χ3n) is 5.73. The number of aromatic nitrogens is 6. The molecule has 0 saturated carbocycles.